The van der Waals surface area contributed by atoms with Gasteiger partial charge in [-0.2, -0.15) is 0 Å². The molecule has 0 amide bonds. The predicted octanol–water partition coefficient (Wildman–Crippen LogP) is 2.68. The molecule has 0 heterocycles. The molecule has 0 aromatic heterocycles. The lowest BCUT2D eigenvalue weighted by Gasteiger charge is -2.37. The van der Waals surface area contributed by atoms with E-state index in [-0.39, 0.29) is 12.0 Å². The number of aliphatic hydroxyl groups is 1. The Morgan fingerprint density at radius 1 is 1.35 bits per heavy atom. The average molecular weight is 234 g/mol. The number of hydrogen-bond acceptors (Lipinski definition) is 2. The lowest BCUT2D eigenvalue weighted by molar-refractivity contribution is 0.0925. The summed E-state index contributed by atoms with van der Waals surface area (Å²) in [5, 5.41) is 9.83. The molecule has 17 heavy (non-hydrogen) atoms. The fraction of sp³-hybridized carbons (Fsp3) is 0.600. The van der Waals surface area contributed by atoms with Crippen LogP contribution in [0.2, 0.25) is 0 Å². The summed E-state index contributed by atoms with van der Waals surface area (Å²) in [6, 6.07) is 8.54. The summed E-state index contributed by atoms with van der Waals surface area (Å²) in [6.45, 7) is 3.74. The van der Waals surface area contributed by atoms with E-state index < -0.39 is 0 Å². The highest BCUT2D eigenvalue weighted by Gasteiger charge is 2.35. The van der Waals surface area contributed by atoms with Crippen LogP contribution in [0.1, 0.15) is 37.3 Å². The van der Waals surface area contributed by atoms with Crippen molar-refractivity contribution in [1.82, 2.24) is 0 Å². The summed E-state index contributed by atoms with van der Waals surface area (Å²) in [6.07, 6.45) is 4.32. The van der Waals surface area contributed by atoms with Crippen LogP contribution in [0.4, 0.5) is 0 Å². The molecule has 1 atom stereocenters. The molecule has 1 aromatic carbocycles. The Labute approximate surface area is 104 Å². The maximum Gasteiger partial charge on any atom is 0.0528 e. The van der Waals surface area contributed by atoms with Crippen molar-refractivity contribution < 1.29 is 9.84 Å². The molecule has 1 aliphatic carbocycles. The summed E-state index contributed by atoms with van der Waals surface area (Å²) < 4.78 is 5.47. The molecular weight excluding hydrogens is 212 g/mol. The molecule has 0 spiro atoms. The molecule has 0 bridgehead atoms. The van der Waals surface area contributed by atoms with E-state index in [0.717, 1.165) is 32.5 Å². The summed E-state index contributed by atoms with van der Waals surface area (Å²) >= 11 is 0. The zero-order chi connectivity index (χ0) is 12.1. The molecule has 1 unspecified atom stereocenters. The van der Waals surface area contributed by atoms with Crippen molar-refractivity contribution in [3.63, 3.8) is 0 Å². The third kappa shape index (κ3) is 2.53. The molecule has 1 aliphatic rings. The second kappa shape index (κ2) is 5.65. The van der Waals surface area contributed by atoms with Crippen LogP contribution in [-0.4, -0.2) is 24.9 Å². The van der Waals surface area contributed by atoms with E-state index in [1.807, 2.05) is 6.92 Å². The van der Waals surface area contributed by atoms with E-state index in [4.69, 9.17) is 4.74 Å². The topological polar surface area (TPSA) is 29.5 Å². The van der Waals surface area contributed by atoms with Gasteiger partial charge in [0.2, 0.25) is 0 Å². The third-order valence-electron chi connectivity index (χ3n) is 3.92. The van der Waals surface area contributed by atoms with Gasteiger partial charge in [-0.3, -0.25) is 0 Å². The summed E-state index contributed by atoms with van der Waals surface area (Å²) in [7, 11) is 0. The predicted molar refractivity (Wildman–Crippen MR) is 69.3 cm³/mol. The molecule has 0 saturated carbocycles. The van der Waals surface area contributed by atoms with Gasteiger partial charge in [-0.05, 0) is 43.7 Å². The van der Waals surface area contributed by atoms with Crippen LogP contribution in [-0.2, 0) is 16.6 Å². The third-order valence-corrected chi connectivity index (χ3v) is 3.92. The first-order valence-corrected chi connectivity index (χ1v) is 6.59. The van der Waals surface area contributed by atoms with Crippen LogP contribution in [0.25, 0.3) is 0 Å². The van der Waals surface area contributed by atoms with E-state index in [9.17, 15) is 5.11 Å². The van der Waals surface area contributed by atoms with Crippen LogP contribution < -0.4 is 0 Å². The van der Waals surface area contributed by atoms with Gasteiger partial charge in [-0.1, -0.05) is 24.3 Å². The van der Waals surface area contributed by atoms with Crippen molar-refractivity contribution >= 4 is 0 Å². The Morgan fingerprint density at radius 2 is 2.18 bits per heavy atom. The van der Waals surface area contributed by atoms with Gasteiger partial charge >= 0.3 is 0 Å². The number of ether oxygens (including phenoxy) is 1. The Hall–Kier alpha value is -0.860. The number of fused-ring (bicyclic) bond motifs is 1. The van der Waals surface area contributed by atoms with Crippen LogP contribution in [0.3, 0.4) is 0 Å². The molecule has 0 saturated heterocycles. The Bertz CT molecular complexity index is 362. The first-order chi connectivity index (χ1) is 8.32. The Morgan fingerprint density at radius 3 is 2.94 bits per heavy atom. The van der Waals surface area contributed by atoms with E-state index in [2.05, 4.69) is 24.3 Å². The fourth-order valence-corrected chi connectivity index (χ4v) is 2.92. The second-order valence-electron chi connectivity index (χ2n) is 4.90. The highest BCUT2D eigenvalue weighted by molar-refractivity contribution is 5.37. The van der Waals surface area contributed by atoms with E-state index >= 15 is 0 Å². The first kappa shape index (κ1) is 12.6. The van der Waals surface area contributed by atoms with Crippen molar-refractivity contribution in [1.29, 1.82) is 0 Å². The summed E-state index contributed by atoms with van der Waals surface area (Å²) in [5.41, 5.74) is 2.68. The van der Waals surface area contributed by atoms with E-state index in [1.54, 1.807) is 0 Å². The highest BCUT2D eigenvalue weighted by atomic mass is 16.5. The molecule has 2 heteroatoms. The molecule has 2 rings (SSSR count). The number of benzene rings is 1. The number of aliphatic hydroxyl groups excluding tert-OH is 1. The summed E-state index contributed by atoms with van der Waals surface area (Å²) in [5.74, 6) is 0. The van der Waals surface area contributed by atoms with Crippen LogP contribution in [0, 0.1) is 0 Å². The minimum Gasteiger partial charge on any atom is -0.395 e. The summed E-state index contributed by atoms with van der Waals surface area (Å²) in [4.78, 5) is 0. The monoisotopic (exact) mass is 234 g/mol. The first-order valence-electron chi connectivity index (χ1n) is 6.59. The highest BCUT2D eigenvalue weighted by Crippen LogP contribution is 2.39. The van der Waals surface area contributed by atoms with Gasteiger partial charge in [0.05, 0.1) is 6.61 Å². The SMILES string of the molecule is CCOCCC1(CO)CCCc2ccccc21. The number of aryl methyl sites for hydroxylation is 1. The maximum absolute atomic E-state index is 9.83. The Kier molecular flexibility index (Phi) is 4.19. The quantitative estimate of drug-likeness (QED) is 0.794. The molecule has 1 N–H and O–H groups in total. The van der Waals surface area contributed by atoms with Crippen molar-refractivity contribution in [3.8, 4) is 0 Å². The molecule has 94 valence electrons. The Balaban J connectivity index is 2.22. The lowest BCUT2D eigenvalue weighted by atomic mass is 9.68. The van der Waals surface area contributed by atoms with Crippen molar-refractivity contribution in [2.75, 3.05) is 19.8 Å². The van der Waals surface area contributed by atoms with Gasteiger partial charge < -0.3 is 9.84 Å². The fourth-order valence-electron chi connectivity index (χ4n) is 2.92. The van der Waals surface area contributed by atoms with Crippen LogP contribution in [0.15, 0.2) is 24.3 Å². The van der Waals surface area contributed by atoms with Gasteiger partial charge in [0.15, 0.2) is 0 Å². The van der Waals surface area contributed by atoms with Crippen LogP contribution >= 0.6 is 0 Å². The van der Waals surface area contributed by atoms with Crippen molar-refractivity contribution in [2.24, 2.45) is 0 Å². The standard InChI is InChI=1S/C15H22O2/c1-2-17-11-10-15(12-16)9-5-7-13-6-3-4-8-14(13)15/h3-4,6,8,16H,2,5,7,9-12H2,1H3. The van der Waals surface area contributed by atoms with Gasteiger partial charge in [-0.15, -0.1) is 0 Å². The lowest BCUT2D eigenvalue weighted by Crippen LogP contribution is -2.36. The molecule has 1 aromatic rings. The molecule has 0 radical (unpaired) electrons. The second-order valence-corrected chi connectivity index (χ2v) is 4.90. The molecule has 0 fully saturated rings. The van der Waals surface area contributed by atoms with Crippen molar-refractivity contribution in [3.05, 3.63) is 35.4 Å². The smallest absolute Gasteiger partial charge is 0.0528 e. The maximum atomic E-state index is 9.83. The zero-order valence-corrected chi connectivity index (χ0v) is 10.6. The van der Waals surface area contributed by atoms with Crippen LogP contribution in [0.5, 0.6) is 0 Å². The van der Waals surface area contributed by atoms with E-state index in [0.29, 0.717) is 0 Å². The van der Waals surface area contributed by atoms with Gasteiger partial charge in [0.1, 0.15) is 0 Å². The number of rotatable bonds is 5. The molecule has 2 nitrogen and oxygen atoms in total. The minimum absolute atomic E-state index is 0.0655. The van der Waals surface area contributed by atoms with E-state index in [1.165, 1.54) is 17.5 Å². The van der Waals surface area contributed by atoms with Gasteiger partial charge in [0.25, 0.3) is 0 Å². The van der Waals surface area contributed by atoms with Gasteiger partial charge in [-0.25, -0.2) is 0 Å². The average Bonchev–Trinajstić information content (AvgIpc) is 2.39. The zero-order valence-electron chi connectivity index (χ0n) is 10.6. The number of hydrogen-bond donors (Lipinski definition) is 1. The normalized spacial score (nSPS) is 23.4. The largest absolute Gasteiger partial charge is 0.395 e. The van der Waals surface area contributed by atoms with Crippen molar-refractivity contribution in [2.45, 2.75) is 38.0 Å². The molecule has 0 aliphatic heterocycles. The minimum atomic E-state index is -0.0655. The van der Waals surface area contributed by atoms with Gasteiger partial charge in [0, 0.05) is 18.6 Å². The molecular formula is C15H22O2.